The van der Waals surface area contributed by atoms with Crippen molar-refractivity contribution < 1.29 is 9.84 Å². The highest BCUT2D eigenvalue weighted by atomic mass is 16.5. The molecule has 0 spiro atoms. The number of imidazole rings is 1. The Balaban J connectivity index is 1.80. The first-order valence-corrected chi connectivity index (χ1v) is 7.33. The van der Waals surface area contributed by atoms with Crippen LogP contribution in [-0.4, -0.2) is 40.2 Å². The van der Waals surface area contributed by atoms with Crippen molar-refractivity contribution in [3.8, 4) is 34.3 Å². The predicted octanol–water partition coefficient (Wildman–Crippen LogP) is 2.13. The Kier molecular flexibility index (Phi) is 3.27. The molecule has 0 aliphatic carbocycles. The fourth-order valence-corrected chi connectivity index (χ4v) is 2.62. The molecule has 0 aliphatic rings. The van der Waals surface area contributed by atoms with Gasteiger partial charge in [-0.15, -0.1) is 0 Å². The summed E-state index contributed by atoms with van der Waals surface area (Å²) >= 11 is 0. The first-order valence-electron chi connectivity index (χ1n) is 7.33. The number of hydrogen-bond acceptors (Lipinski definition) is 4. The first-order chi connectivity index (χ1) is 11.7. The molecule has 0 aliphatic heterocycles. The summed E-state index contributed by atoms with van der Waals surface area (Å²) in [5.41, 5.74) is 3.76. The molecule has 2 aromatic heterocycles. The van der Waals surface area contributed by atoms with Crippen LogP contribution >= 0.6 is 0 Å². The van der Waals surface area contributed by atoms with Crippen LogP contribution in [0.2, 0.25) is 0 Å². The van der Waals surface area contributed by atoms with Gasteiger partial charge in [0.25, 0.3) is 0 Å². The van der Waals surface area contributed by atoms with Gasteiger partial charge in [0, 0.05) is 11.6 Å². The zero-order valence-electron chi connectivity index (χ0n) is 12.9. The normalized spacial score (nSPS) is 11.0. The van der Waals surface area contributed by atoms with Crippen molar-refractivity contribution in [1.29, 1.82) is 0 Å². The average molecular weight is 316 g/mol. The maximum atomic E-state index is 10.5. The number of aromatic amines is 2. The van der Waals surface area contributed by atoms with Crippen molar-refractivity contribution in [2.75, 3.05) is 7.11 Å². The van der Waals surface area contributed by atoms with Gasteiger partial charge in [0.15, 0.2) is 11.6 Å². The van der Waals surface area contributed by atoms with Crippen molar-refractivity contribution in [2.45, 2.75) is 0 Å². The highest BCUT2D eigenvalue weighted by molar-refractivity contribution is 6.32. The smallest absolute Gasteiger partial charge is 0.172 e. The summed E-state index contributed by atoms with van der Waals surface area (Å²) in [6, 6.07) is 12.7. The van der Waals surface area contributed by atoms with Crippen molar-refractivity contribution in [3.63, 3.8) is 0 Å². The lowest BCUT2D eigenvalue weighted by Crippen LogP contribution is -2.00. The van der Waals surface area contributed by atoms with Crippen LogP contribution in [0.25, 0.3) is 33.8 Å². The molecule has 7 heteroatoms. The van der Waals surface area contributed by atoms with E-state index in [2.05, 4.69) is 20.2 Å². The molecule has 3 N–H and O–H groups in total. The Labute approximate surface area is 138 Å². The highest BCUT2D eigenvalue weighted by Crippen LogP contribution is 2.35. The van der Waals surface area contributed by atoms with Gasteiger partial charge in [-0.3, -0.25) is 5.10 Å². The molecule has 0 saturated heterocycles. The lowest BCUT2D eigenvalue weighted by atomic mass is 9.93. The van der Waals surface area contributed by atoms with E-state index in [-0.39, 0.29) is 5.75 Å². The van der Waals surface area contributed by atoms with Gasteiger partial charge in [0.2, 0.25) is 0 Å². The molecule has 0 amide bonds. The van der Waals surface area contributed by atoms with E-state index in [9.17, 15) is 5.11 Å². The summed E-state index contributed by atoms with van der Waals surface area (Å²) in [6.07, 6.45) is 0. The summed E-state index contributed by atoms with van der Waals surface area (Å²) in [6.45, 7) is 0. The summed E-state index contributed by atoms with van der Waals surface area (Å²) in [4.78, 5) is 7.63. The quantitative estimate of drug-likeness (QED) is 0.505. The van der Waals surface area contributed by atoms with Crippen LogP contribution in [-0.2, 0) is 0 Å². The molecule has 2 heterocycles. The Morgan fingerprint density at radius 3 is 2.83 bits per heavy atom. The molecular formula is C17H13BN4O2. The third-order valence-electron chi connectivity index (χ3n) is 3.83. The molecule has 0 bridgehead atoms. The number of methoxy groups -OCH3 is 1. The van der Waals surface area contributed by atoms with E-state index in [0.29, 0.717) is 22.7 Å². The molecule has 2 radical (unpaired) electrons. The van der Waals surface area contributed by atoms with Gasteiger partial charge in [-0.05, 0) is 12.1 Å². The van der Waals surface area contributed by atoms with Crippen LogP contribution < -0.4 is 10.2 Å². The second-order valence-corrected chi connectivity index (χ2v) is 5.39. The minimum atomic E-state index is 0.0200. The molecule has 0 atom stereocenters. The minimum Gasteiger partial charge on any atom is -0.504 e. The zero-order chi connectivity index (χ0) is 16.7. The molecule has 4 rings (SSSR count). The standard InChI is InChI=1S/C17H13BN4O2/c1-24-11-5-6-12-13(8-11)20-17(19-12)15-16(23)14(21-22-15)9-3-2-4-10(18)7-9/h2-8,23H,1H3,(H,19,20)(H,21,22). The van der Waals surface area contributed by atoms with Crippen LogP contribution in [0.15, 0.2) is 42.5 Å². The van der Waals surface area contributed by atoms with Crippen molar-refractivity contribution in [3.05, 3.63) is 42.5 Å². The second kappa shape index (κ2) is 5.45. The van der Waals surface area contributed by atoms with Gasteiger partial charge in [0.05, 0.1) is 18.1 Å². The van der Waals surface area contributed by atoms with Crippen molar-refractivity contribution in [2.24, 2.45) is 0 Å². The third kappa shape index (κ3) is 2.30. The average Bonchev–Trinajstić information content (AvgIpc) is 3.17. The summed E-state index contributed by atoms with van der Waals surface area (Å²) < 4.78 is 5.20. The third-order valence-corrected chi connectivity index (χ3v) is 3.83. The van der Waals surface area contributed by atoms with E-state index in [0.717, 1.165) is 22.3 Å². The number of ether oxygens (including phenoxy) is 1. The molecular weight excluding hydrogens is 303 g/mol. The molecule has 0 unspecified atom stereocenters. The molecule has 0 saturated carbocycles. The minimum absolute atomic E-state index is 0.0200. The van der Waals surface area contributed by atoms with Crippen molar-refractivity contribution >= 4 is 24.3 Å². The molecule has 24 heavy (non-hydrogen) atoms. The van der Waals surface area contributed by atoms with E-state index in [1.54, 1.807) is 19.2 Å². The lowest BCUT2D eigenvalue weighted by Gasteiger charge is -1.99. The number of nitrogens with one attached hydrogen (secondary N) is 2. The molecule has 116 valence electrons. The Bertz CT molecular complexity index is 1040. The number of benzene rings is 2. The number of aromatic nitrogens is 4. The number of rotatable bonds is 3. The topological polar surface area (TPSA) is 86.8 Å². The zero-order valence-corrected chi connectivity index (χ0v) is 12.9. The number of fused-ring (bicyclic) bond motifs is 1. The van der Waals surface area contributed by atoms with Crippen molar-refractivity contribution in [1.82, 2.24) is 20.2 Å². The molecule has 6 nitrogen and oxygen atoms in total. The van der Waals surface area contributed by atoms with Crippen LogP contribution in [0.5, 0.6) is 11.5 Å². The fraction of sp³-hybridized carbons (Fsp3) is 0.0588. The lowest BCUT2D eigenvalue weighted by molar-refractivity contribution is 0.415. The second-order valence-electron chi connectivity index (χ2n) is 5.39. The Hall–Kier alpha value is -3.22. The first kappa shape index (κ1) is 14.4. The maximum absolute atomic E-state index is 10.5. The number of aromatic hydroxyl groups is 1. The molecule has 0 fully saturated rings. The van der Waals surface area contributed by atoms with Crippen LogP contribution in [0.4, 0.5) is 0 Å². The Morgan fingerprint density at radius 2 is 2.04 bits per heavy atom. The summed E-state index contributed by atoms with van der Waals surface area (Å²) in [5.74, 6) is 1.25. The number of H-pyrrole nitrogens is 2. The van der Waals surface area contributed by atoms with E-state index in [1.165, 1.54) is 0 Å². The monoisotopic (exact) mass is 316 g/mol. The summed E-state index contributed by atoms with van der Waals surface area (Å²) in [5, 5.41) is 17.6. The molecule has 2 aromatic carbocycles. The molecule has 4 aromatic rings. The van der Waals surface area contributed by atoms with Gasteiger partial charge in [-0.2, -0.15) is 5.10 Å². The highest BCUT2D eigenvalue weighted by Gasteiger charge is 2.18. The van der Waals surface area contributed by atoms with E-state index < -0.39 is 0 Å². The summed E-state index contributed by atoms with van der Waals surface area (Å²) in [7, 11) is 7.40. The van der Waals surface area contributed by atoms with Crippen LogP contribution in [0.1, 0.15) is 0 Å². The van der Waals surface area contributed by atoms with E-state index in [1.807, 2.05) is 30.3 Å². The number of nitrogens with zero attached hydrogens (tertiary/aromatic N) is 2. The van der Waals surface area contributed by atoms with Crippen LogP contribution in [0, 0.1) is 0 Å². The fourth-order valence-electron chi connectivity index (χ4n) is 2.62. The SMILES string of the molecule is [B]c1cccc(-c2n[nH]c(-c3nc4ccc(OC)cc4[nH]3)c2O)c1. The predicted molar refractivity (Wildman–Crippen MR) is 92.7 cm³/mol. The van der Waals surface area contributed by atoms with E-state index >= 15 is 0 Å². The number of hydrogen-bond donors (Lipinski definition) is 3. The van der Waals surface area contributed by atoms with Gasteiger partial charge in [0.1, 0.15) is 25.0 Å². The van der Waals surface area contributed by atoms with Gasteiger partial charge < -0.3 is 14.8 Å². The van der Waals surface area contributed by atoms with Gasteiger partial charge in [-0.25, -0.2) is 4.98 Å². The van der Waals surface area contributed by atoms with E-state index in [4.69, 9.17) is 12.6 Å². The van der Waals surface area contributed by atoms with Gasteiger partial charge in [-0.1, -0.05) is 29.7 Å². The maximum Gasteiger partial charge on any atom is 0.172 e. The Morgan fingerprint density at radius 1 is 1.17 bits per heavy atom. The van der Waals surface area contributed by atoms with Gasteiger partial charge >= 0.3 is 0 Å². The van der Waals surface area contributed by atoms with Crippen LogP contribution in [0.3, 0.4) is 0 Å². The largest absolute Gasteiger partial charge is 0.504 e.